The predicted molar refractivity (Wildman–Crippen MR) is 70.6 cm³/mol. The summed E-state index contributed by atoms with van der Waals surface area (Å²) in [5, 5.41) is 22.2. The van der Waals surface area contributed by atoms with Crippen LogP contribution in [0.4, 0.5) is 0 Å². The molecular weight excluding hydrogens is 230 g/mol. The van der Waals surface area contributed by atoms with Crippen molar-refractivity contribution in [3.05, 3.63) is 29.3 Å². The van der Waals surface area contributed by atoms with E-state index >= 15 is 0 Å². The lowest BCUT2D eigenvalue weighted by Crippen LogP contribution is -2.44. The number of amides is 1. The molecule has 1 atom stereocenters. The van der Waals surface area contributed by atoms with Crippen molar-refractivity contribution >= 4 is 5.91 Å². The van der Waals surface area contributed by atoms with Gasteiger partial charge in [-0.3, -0.25) is 4.79 Å². The average Bonchev–Trinajstić information content (AvgIpc) is 2.29. The molecule has 1 rings (SSSR count). The molecule has 1 aromatic carbocycles. The molecule has 0 fully saturated rings. The first-order valence-corrected chi connectivity index (χ1v) is 6.04. The summed E-state index contributed by atoms with van der Waals surface area (Å²) in [6, 6.07) is 4.76. The summed E-state index contributed by atoms with van der Waals surface area (Å²) in [5.74, 6) is -0.159. The van der Waals surface area contributed by atoms with Gasteiger partial charge in [-0.25, -0.2) is 0 Å². The molecule has 0 bridgehead atoms. The van der Waals surface area contributed by atoms with Crippen LogP contribution in [-0.2, 0) is 0 Å². The molecule has 0 aromatic heterocycles. The number of aryl methyl sites for hydroxylation is 1. The van der Waals surface area contributed by atoms with Gasteiger partial charge in [0.05, 0.1) is 5.60 Å². The predicted octanol–water partition coefficient (Wildman–Crippen LogP) is 1.84. The van der Waals surface area contributed by atoms with Gasteiger partial charge in [0.15, 0.2) is 0 Å². The zero-order chi connectivity index (χ0) is 13.9. The number of carbonyl (C=O) groups is 1. The van der Waals surface area contributed by atoms with Crippen molar-refractivity contribution in [1.82, 2.24) is 5.32 Å². The SMILES string of the molecule is Cc1ccc(C(=O)NCC(C)(O)C(C)C)cc1O. The molecule has 0 saturated heterocycles. The third-order valence-electron chi connectivity index (χ3n) is 3.32. The van der Waals surface area contributed by atoms with Gasteiger partial charge in [-0.2, -0.15) is 0 Å². The fourth-order valence-corrected chi connectivity index (χ4v) is 1.32. The van der Waals surface area contributed by atoms with Crippen LogP contribution in [0.2, 0.25) is 0 Å². The molecule has 0 spiro atoms. The van der Waals surface area contributed by atoms with E-state index in [0.29, 0.717) is 5.56 Å². The highest BCUT2D eigenvalue weighted by atomic mass is 16.3. The van der Waals surface area contributed by atoms with Crippen molar-refractivity contribution in [2.75, 3.05) is 6.54 Å². The summed E-state index contributed by atoms with van der Waals surface area (Å²) in [6.07, 6.45) is 0. The van der Waals surface area contributed by atoms with Crippen molar-refractivity contribution in [3.8, 4) is 5.75 Å². The third kappa shape index (κ3) is 3.47. The van der Waals surface area contributed by atoms with Crippen LogP contribution in [0.25, 0.3) is 0 Å². The number of phenols is 1. The lowest BCUT2D eigenvalue weighted by atomic mass is 9.92. The number of carbonyl (C=O) groups excluding carboxylic acids is 1. The highest BCUT2D eigenvalue weighted by Crippen LogP contribution is 2.18. The molecule has 4 nitrogen and oxygen atoms in total. The molecule has 18 heavy (non-hydrogen) atoms. The summed E-state index contributed by atoms with van der Waals surface area (Å²) in [7, 11) is 0. The van der Waals surface area contributed by atoms with Crippen LogP contribution in [0.15, 0.2) is 18.2 Å². The Hall–Kier alpha value is -1.55. The van der Waals surface area contributed by atoms with E-state index < -0.39 is 5.60 Å². The first-order chi connectivity index (χ1) is 8.24. The van der Waals surface area contributed by atoms with E-state index in [1.807, 2.05) is 13.8 Å². The van der Waals surface area contributed by atoms with Crippen molar-refractivity contribution in [2.24, 2.45) is 5.92 Å². The van der Waals surface area contributed by atoms with E-state index in [0.717, 1.165) is 5.56 Å². The largest absolute Gasteiger partial charge is 0.508 e. The molecule has 0 radical (unpaired) electrons. The first-order valence-electron chi connectivity index (χ1n) is 6.04. The zero-order valence-electron chi connectivity index (χ0n) is 11.3. The third-order valence-corrected chi connectivity index (χ3v) is 3.32. The Kier molecular flexibility index (Phi) is 4.35. The van der Waals surface area contributed by atoms with Crippen LogP contribution >= 0.6 is 0 Å². The van der Waals surface area contributed by atoms with E-state index in [9.17, 15) is 15.0 Å². The van der Waals surface area contributed by atoms with Crippen LogP contribution in [0.3, 0.4) is 0 Å². The molecule has 4 heteroatoms. The molecule has 0 heterocycles. The first kappa shape index (κ1) is 14.5. The van der Waals surface area contributed by atoms with Gasteiger partial charge in [-0.05, 0) is 37.5 Å². The van der Waals surface area contributed by atoms with Crippen LogP contribution in [0.5, 0.6) is 5.75 Å². The van der Waals surface area contributed by atoms with Crippen molar-refractivity contribution in [2.45, 2.75) is 33.3 Å². The number of phenolic OH excluding ortho intramolecular Hbond substituents is 1. The molecule has 0 aliphatic carbocycles. The molecule has 1 aromatic rings. The Morgan fingerprint density at radius 2 is 2.06 bits per heavy atom. The molecule has 0 aliphatic rings. The summed E-state index contributed by atoms with van der Waals surface area (Å²) in [4.78, 5) is 11.8. The highest BCUT2D eigenvalue weighted by molar-refractivity contribution is 5.94. The Balaban J connectivity index is 2.69. The Labute approximate surface area is 108 Å². The van der Waals surface area contributed by atoms with E-state index in [1.54, 1.807) is 26.0 Å². The topological polar surface area (TPSA) is 69.6 Å². The molecule has 100 valence electrons. The quantitative estimate of drug-likeness (QED) is 0.764. The lowest BCUT2D eigenvalue weighted by molar-refractivity contribution is 0.0142. The number of aromatic hydroxyl groups is 1. The Bertz CT molecular complexity index is 439. The molecule has 1 amide bonds. The fraction of sp³-hybridized carbons (Fsp3) is 0.500. The molecule has 1 unspecified atom stereocenters. The van der Waals surface area contributed by atoms with Gasteiger partial charge in [-0.1, -0.05) is 19.9 Å². The number of aliphatic hydroxyl groups is 1. The minimum absolute atomic E-state index is 0.0456. The van der Waals surface area contributed by atoms with Gasteiger partial charge in [0.1, 0.15) is 5.75 Å². The number of hydrogen-bond acceptors (Lipinski definition) is 3. The second-order valence-corrected chi connectivity index (χ2v) is 5.20. The second kappa shape index (κ2) is 5.40. The lowest BCUT2D eigenvalue weighted by Gasteiger charge is -2.27. The highest BCUT2D eigenvalue weighted by Gasteiger charge is 2.25. The van der Waals surface area contributed by atoms with Crippen LogP contribution in [0, 0.1) is 12.8 Å². The number of nitrogens with one attached hydrogen (secondary N) is 1. The number of rotatable bonds is 4. The summed E-state index contributed by atoms with van der Waals surface area (Å²) in [6.45, 7) is 7.41. The monoisotopic (exact) mass is 251 g/mol. The number of hydrogen-bond donors (Lipinski definition) is 3. The Morgan fingerprint density at radius 1 is 1.44 bits per heavy atom. The van der Waals surface area contributed by atoms with E-state index in [-0.39, 0.29) is 24.1 Å². The molecule has 0 aliphatic heterocycles. The van der Waals surface area contributed by atoms with Crippen molar-refractivity contribution in [1.29, 1.82) is 0 Å². The van der Waals surface area contributed by atoms with Gasteiger partial charge in [0.2, 0.25) is 0 Å². The van der Waals surface area contributed by atoms with Gasteiger partial charge < -0.3 is 15.5 Å². The van der Waals surface area contributed by atoms with E-state index in [1.165, 1.54) is 6.07 Å². The molecule has 3 N–H and O–H groups in total. The summed E-state index contributed by atoms with van der Waals surface area (Å²) < 4.78 is 0. The van der Waals surface area contributed by atoms with Crippen LogP contribution in [0.1, 0.15) is 36.7 Å². The average molecular weight is 251 g/mol. The maximum atomic E-state index is 11.8. The van der Waals surface area contributed by atoms with Gasteiger partial charge in [0.25, 0.3) is 5.91 Å². The zero-order valence-corrected chi connectivity index (χ0v) is 11.3. The maximum absolute atomic E-state index is 11.8. The fourth-order valence-electron chi connectivity index (χ4n) is 1.32. The smallest absolute Gasteiger partial charge is 0.251 e. The van der Waals surface area contributed by atoms with E-state index in [2.05, 4.69) is 5.32 Å². The van der Waals surface area contributed by atoms with Crippen molar-refractivity contribution in [3.63, 3.8) is 0 Å². The number of benzene rings is 1. The Morgan fingerprint density at radius 3 is 2.56 bits per heavy atom. The summed E-state index contributed by atoms with van der Waals surface area (Å²) in [5.41, 5.74) is 0.168. The van der Waals surface area contributed by atoms with E-state index in [4.69, 9.17) is 0 Å². The van der Waals surface area contributed by atoms with Gasteiger partial charge in [-0.15, -0.1) is 0 Å². The second-order valence-electron chi connectivity index (χ2n) is 5.20. The molecule has 0 saturated carbocycles. The van der Waals surface area contributed by atoms with Gasteiger partial charge in [0, 0.05) is 12.1 Å². The summed E-state index contributed by atoms with van der Waals surface area (Å²) >= 11 is 0. The van der Waals surface area contributed by atoms with Gasteiger partial charge >= 0.3 is 0 Å². The standard InChI is InChI=1S/C14H21NO3/c1-9(2)14(4,18)8-15-13(17)11-6-5-10(3)12(16)7-11/h5-7,9,16,18H,8H2,1-4H3,(H,15,17). The normalized spacial score (nSPS) is 14.3. The minimum atomic E-state index is -0.942. The van der Waals surface area contributed by atoms with Crippen LogP contribution < -0.4 is 5.32 Å². The van der Waals surface area contributed by atoms with Crippen molar-refractivity contribution < 1.29 is 15.0 Å². The minimum Gasteiger partial charge on any atom is -0.508 e. The molecular formula is C14H21NO3. The van der Waals surface area contributed by atoms with Crippen LogP contribution in [-0.4, -0.2) is 28.3 Å². The maximum Gasteiger partial charge on any atom is 0.251 e.